The Morgan fingerprint density at radius 2 is 1.72 bits per heavy atom. The number of hydrogen-bond acceptors (Lipinski definition) is 4. The van der Waals surface area contributed by atoms with Crippen LogP contribution in [-0.4, -0.2) is 18.2 Å². The van der Waals surface area contributed by atoms with Gasteiger partial charge in [-0.3, -0.25) is 0 Å². The van der Waals surface area contributed by atoms with Crippen molar-refractivity contribution in [2.75, 3.05) is 12.4 Å². The second-order valence-electron chi connectivity index (χ2n) is 5.41. The van der Waals surface area contributed by atoms with Crippen LogP contribution in [0, 0.1) is 0 Å². The zero-order valence-electron chi connectivity index (χ0n) is 13.5. The van der Waals surface area contributed by atoms with Crippen molar-refractivity contribution in [2.24, 2.45) is 0 Å². The van der Waals surface area contributed by atoms with Crippen LogP contribution in [0.3, 0.4) is 0 Å². The Balaban J connectivity index is 1.92. The number of phenolic OH excluding ortho intramolecular Hbond substituents is 1. The summed E-state index contributed by atoms with van der Waals surface area (Å²) in [6.07, 6.45) is 0. The molecule has 0 bridgehead atoms. The standard InChI is InChI=1S/C20H16ClNO3/c1-25-20(24)15-7-9-17(16(21)11-15)22-18-12-14(8-10-19(18)23)13-5-3-2-4-6-13/h2-12,22-23H,1H3. The van der Waals surface area contributed by atoms with E-state index in [0.29, 0.717) is 22.0 Å². The Kier molecular flexibility index (Phi) is 4.91. The Morgan fingerprint density at radius 1 is 0.960 bits per heavy atom. The molecule has 3 aromatic rings. The maximum atomic E-state index is 11.5. The SMILES string of the molecule is COC(=O)c1ccc(Nc2cc(-c3ccccc3)ccc2O)c(Cl)c1. The number of methoxy groups -OCH3 is 1. The summed E-state index contributed by atoms with van der Waals surface area (Å²) in [4.78, 5) is 11.5. The maximum absolute atomic E-state index is 11.5. The van der Waals surface area contributed by atoms with Crippen LogP contribution in [-0.2, 0) is 4.74 Å². The molecule has 0 heterocycles. The zero-order chi connectivity index (χ0) is 17.8. The molecule has 0 aliphatic heterocycles. The molecule has 5 heteroatoms. The van der Waals surface area contributed by atoms with Crippen molar-refractivity contribution in [1.29, 1.82) is 0 Å². The van der Waals surface area contributed by atoms with Crippen molar-refractivity contribution in [3.8, 4) is 16.9 Å². The van der Waals surface area contributed by atoms with Gasteiger partial charge in [-0.15, -0.1) is 0 Å². The van der Waals surface area contributed by atoms with E-state index >= 15 is 0 Å². The van der Waals surface area contributed by atoms with Crippen molar-refractivity contribution >= 4 is 28.9 Å². The summed E-state index contributed by atoms with van der Waals surface area (Å²) in [5.74, 6) is -0.352. The molecular weight excluding hydrogens is 338 g/mol. The largest absolute Gasteiger partial charge is 0.506 e. The summed E-state index contributed by atoms with van der Waals surface area (Å²) in [7, 11) is 1.31. The number of benzene rings is 3. The predicted molar refractivity (Wildman–Crippen MR) is 99.6 cm³/mol. The molecule has 0 aliphatic carbocycles. The van der Waals surface area contributed by atoms with Gasteiger partial charge in [-0.1, -0.05) is 48.0 Å². The van der Waals surface area contributed by atoms with E-state index in [2.05, 4.69) is 10.1 Å². The summed E-state index contributed by atoms with van der Waals surface area (Å²) >= 11 is 6.24. The van der Waals surface area contributed by atoms with E-state index < -0.39 is 5.97 Å². The molecule has 3 aromatic carbocycles. The molecule has 0 fully saturated rings. The highest BCUT2D eigenvalue weighted by Crippen LogP contribution is 2.34. The topological polar surface area (TPSA) is 58.6 Å². The van der Waals surface area contributed by atoms with E-state index in [4.69, 9.17) is 11.6 Å². The number of carbonyl (C=O) groups is 1. The van der Waals surface area contributed by atoms with Gasteiger partial charge in [-0.25, -0.2) is 4.79 Å². The smallest absolute Gasteiger partial charge is 0.337 e. The van der Waals surface area contributed by atoms with E-state index in [0.717, 1.165) is 11.1 Å². The van der Waals surface area contributed by atoms with Crippen LogP contribution in [0.4, 0.5) is 11.4 Å². The van der Waals surface area contributed by atoms with Crippen molar-refractivity contribution < 1.29 is 14.6 Å². The van der Waals surface area contributed by atoms with Gasteiger partial charge in [0.25, 0.3) is 0 Å². The summed E-state index contributed by atoms with van der Waals surface area (Å²) in [5.41, 5.74) is 3.46. The summed E-state index contributed by atoms with van der Waals surface area (Å²) in [6.45, 7) is 0. The van der Waals surface area contributed by atoms with Gasteiger partial charge in [0.15, 0.2) is 0 Å². The van der Waals surface area contributed by atoms with Gasteiger partial charge >= 0.3 is 5.97 Å². The third-order valence-electron chi connectivity index (χ3n) is 3.76. The van der Waals surface area contributed by atoms with Crippen LogP contribution in [0.25, 0.3) is 11.1 Å². The molecule has 0 amide bonds. The highest BCUT2D eigenvalue weighted by molar-refractivity contribution is 6.33. The van der Waals surface area contributed by atoms with Gasteiger partial charge in [-0.05, 0) is 41.5 Å². The van der Waals surface area contributed by atoms with Gasteiger partial charge in [-0.2, -0.15) is 0 Å². The van der Waals surface area contributed by atoms with Crippen molar-refractivity contribution in [1.82, 2.24) is 0 Å². The number of phenols is 1. The molecule has 2 N–H and O–H groups in total. The van der Waals surface area contributed by atoms with E-state index in [-0.39, 0.29) is 5.75 Å². The molecule has 0 radical (unpaired) electrons. The number of aromatic hydroxyl groups is 1. The molecule has 25 heavy (non-hydrogen) atoms. The number of ether oxygens (including phenoxy) is 1. The van der Waals surface area contributed by atoms with Crippen LogP contribution in [0.5, 0.6) is 5.75 Å². The molecule has 0 saturated carbocycles. The number of anilines is 2. The minimum atomic E-state index is -0.456. The molecule has 0 saturated heterocycles. The minimum absolute atomic E-state index is 0.104. The van der Waals surface area contributed by atoms with Crippen molar-refractivity contribution in [3.05, 3.63) is 77.3 Å². The summed E-state index contributed by atoms with van der Waals surface area (Å²) < 4.78 is 4.68. The lowest BCUT2D eigenvalue weighted by molar-refractivity contribution is 0.0601. The fourth-order valence-electron chi connectivity index (χ4n) is 2.45. The molecule has 4 nitrogen and oxygen atoms in total. The summed E-state index contributed by atoms with van der Waals surface area (Å²) in [5, 5.41) is 13.6. The van der Waals surface area contributed by atoms with Crippen LogP contribution < -0.4 is 5.32 Å². The average Bonchev–Trinajstić information content (AvgIpc) is 2.65. The van der Waals surface area contributed by atoms with Crippen LogP contribution in [0.15, 0.2) is 66.7 Å². The third kappa shape index (κ3) is 3.75. The van der Waals surface area contributed by atoms with Crippen LogP contribution in [0.2, 0.25) is 5.02 Å². The first-order chi connectivity index (χ1) is 12.1. The second kappa shape index (κ2) is 7.28. The molecule has 0 unspecified atom stereocenters. The average molecular weight is 354 g/mol. The predicted octanol–water partition coefficient (Wildman–Crippen LogP) is 5.24. The molecule has 0 aromatic heterocycles. The van der Waals surface area contributed by atoms with E-state index in [9.17, 15) is 9.90 Å². The Hall–Kier alpha value is -2.98. The Bertz CT molecular complexity index is 910. The number of carbonyl (C=O) groups excluding carboxylic acids is 1. The quantitative estimate of drug-likeness (QED) is 0.497. The monoisotopic (exact) mass is 353 g/mol. The first-order valence-electron chi connectivity index (χ1n) is 7.62. The molecule has 3 rings (SSSR count). The second-order valence-corrected chi connectivity index (χ2v) is 5.82. The van der Waals surface area contributed by atoms with Crippen molar-refractivity contribution in [3.63, 3.8) is 0 Å². The maximum Gasteiger partial charge on any atom is 0.337 e. The lowest BCUT2D eigenvalue weighted by Crippen LogP contribution is -2.01. The van der Waals surface area contributed by atoms with Crippen LogP contribution >= 0.6 is 11.6 Å². The number of esters is 1. The van der Waals surface area contributed by atoms with Gasteiger partial charge in [0.1, 0.15) is 5.75 Å². The van der Waals surface area contributed by atoms with Crippen LogP contribution in [0.1, 0.15) is 10.4 Å². The van der Waals surface area contributed by atoms with Gasteiger partial charge in [0, 0.05) is 0 Å². The van der Waals surface area contributed by atoms with Crippen molar-refractivity contribution in [2.45, 2.75) is 0 Å². The molecule has 126 valence electrons. The minimum Gasteiger partial charge on any atom is -0.506 e. The fraction of sp³-hybridized carbons (Fsp3) is 0.0500. The highest BCUT2D eigenvalue weighted by Gasteiger charge is 2.11. The first kappa shape index (κ1) is 16.9. The lowest BCUT2D eigenvalue weighted by Gasteiger charge is -2.13. The van der Waals surface area contributed by atoms with Gasteiger partial charge < -0.3 is 15.2 Å². The normalized spacial score (nSPS) is 10.3. The molecule has 0 atom stereocenters. The molecule has 0 aliphatic rings. The number of nitrogens with one attached hydrogen (secondary N) is 1. The van der Waals surface area contributed by atoms with E-state index in [1.807, 2.05) is 42.5 Å². The Morgan fingerprint density at radius 3 is 2.40 bits per heavy atom. The molecule has 0 spiro atoms. The van der Waals surface area contributed by atoms with E-state index in [1.54, 1.807) is 18.2 Å². The number of halogens is 1. The zero-order valence-corrected chi connectivity index (χ0v) is 14.2. The Labute approximate surface area is 150 Å². The van der Waals surface area contributed by atoms with E-state index in [1.165, 1.54) is 13.2 Å². The highest BCUT2D eigenvalue weighted by atomic mass is 35.5. The van der Waals surface area contributed by atoms with Gasteiger partial charge in [0.2, 0.25) is 0 Å². The lowest BCUT2D eigenvalue weighted by atomic mass is 10.0. The first-order valence-corrected chi connectivity index (χ1v) is 7.99. The fourth-order valence-corrected chi connectivity index (χ4v) is 2.68. The third-order valence-corrected chi connectivity index (χ3v) is 4.08. The molecular formula is C20H16ClNO3. The number of rotatable bonds is 4. The van der Waals surface area contributed by atoms with Gasteiger partial charge in [0.05, 0.1) is 29.1 Å². The number of hydrogen-bond donors (Lipinski definition) is 2. The summed E-state index contributed by atoms with van der Waals surface area (Å²) in [6, 6.07) is 20.0.